The number of aromatic nitrogens is 4. The molecule has 0 aliphatic heterocycles. The van der Waals surface area contributed by atoms with Gasteiger partial charge in [-0.05, 0) is 19.1 Å². The quantitative estimate of drug-likeness (QED) is 0.701. The minimum atomic E-state index is 0.498. The number of fused-ring (bicyclic) bond motifs is 1. The average molecular weight is 299 g/mol. The predicted octanol–water partition coefficient (Wildman–Crippen LogP) is 1.93. The van der Waals surface area contributed by atoms with Gasteiger partial charge in [-0.15, -0.1) is 0 Å². The molecule has 0 unspecified atom stereocenters. The maximum absolute atomic E-state index is 5.73. The summed E-state index contributed by atoms with van der Waals surface area (Å²) in [6.45, 7) is 3.04. The van der Waals surface area contributed by atoms with Crippen LogP contribution in [0.25, 0.3) is 5.78 Å². The third kappa shape index (κ3) is 2.93. The van der Waals surface area contributed by atoms with E-state index in [1.165, 1.54) is 6.33 Å². The van der Waals surface area contributed by atoms with Gasteiger partial charge in [0.15, 0.2) is 11.5 Å². The molecule has 7 heteroatoms. The minimum Gasteiger partial charge on any atom is -0.493 e. The zero-order valence-electron chi connectivity index (χ0n) is 12.5. The first kappa shape index (κ1) is 14.1. The van der Waals surface area contributed by atoms with E-state index in [1.807, 2.05) is 37.3 Å². The van der Waals surface area contributed by atoms with Crippen molar-refractivity contribution >= 4 is 11.6 Å². The number of methoxy groups -OCH3 is 1. The van der Waals surface area contributed by atoms with Gasteiger partial charge < -0.3 is 14.8 Å². The number of hydrogen-bond donors (Lipinski definition) is 1. The van der Waals surface area contributed by atoms with Crippen molar-refractivity contribution in [2.24, 2.45) is 0 Å². The summed E-state index contributed by atoms with van der Waals surface area (Å²) in [4.78, 5) is 8.39. The Morgan fingerprint density at radius 1 is 1.23 bits per heavy atom. The Hall–Kier alpha value is -2.83. The molecule has 0 aliphatic carbocycles. The number of aryl methyl sites for hydroxylation is 1. The molecule has 0 saturated carbocycles. The second kappa shape index (κ2) is 6.30. The summed E-state index contributed by atoms with van der Waals surface area (Å²) in [5, 5.41) is 7.42. The van der Waals surface area contributed by atoms with Gasteiger partial charge in [-0.25, -0.2) is 4.98 Å². The summed E-state index contributed by atoms with van der Waals surface area (Å²) >= 11 is 0. The van der Waals surface area contributed by atoms with Gasteiger partial charge in [0.25, 0.3) is 5.78 Å². The molecule has 1 aromatic carbocycles. The lowest BCUT2D eigenvalue weighted by Crippen LogP contribution is -2.14. The average Bonchev–Trinajstić information content (AvgIpc) is 3.00. The van der Waals surface area contributed by atoms with E-state index in [0.29, 0.717) is 18.9 Å². The van der Waals surface area contributed by atoms with Crippen LogP contribution >= 0.6 is 0 Å². The second-order valence-electron chi connectivity index (χ2n) is 4.68. The molecule has 0 aliphatic rings. The monoisotopic (exact) mass is 299 g/mol. The maximum atomic E-state index is 5.73. The highest BCUT2D eigenvalue weighted by Gasteiger charge is 2.06. The molecular formula is C15H17N5O2. The highest BCUT2D eigenvalue weighted by Crippen LogP contribution is 2.25. The van der Waals surface area contributed by atoms with Gasteiger partial charge in [0.05, 0.1) is 13.7 Å². The Labute approximate surface area is 127 Å². The van der Waals surface area contributed by atoms with E-state index in [9.17, 15) is 0 Å². The lowest BCUT2D eigenvalue weighted by molar-refractivity contribution is 0.305. The van der Waals surface area contributed by atoms with Crippen LogP contribution in [-0.4, -0.2) is 39.8 Å². The summed E-state index contributed by atoms with van der Waals surface area (Å²) in [6, 6.07) is 9.49. The number of rotatable bonds is 6. The highest BCUT2D eigenvalue weighted by molar-refractivity contribution is 5.44. The third-order valence-corrected chi connectivity index (χ3v) is 3.11. The minimum absolute atomic E-state index is 0.498. The molecule has 0 radical (unpaired) electrons. The summed E-state index contributed by atoms with van der Waals surface area (Å²) < 4.78 is 12.6. The zero-order chi connectivity index (χ0) is 15.4. The van der Waals surface area contributed by atoms with Gasteiger partial charge in [-0.2, -0.15) is 14.6 Å². The van der Waals surface area contributed by atoms with Gasteiger partial charge in [-0.1, -0.05) is 12.1 Å². The number of nitrogens with zero attached hydrogens (tertiary/aromatic N) is 4. The van der Waals surface area contributed by atoms with Crippen molar-refractivity contribution < 1.29 is 9.47 Å². The molecule has 2 aromatic heterocycles. The molecule has 0 atom stereocenters. The van der Waals surface area contributed by atoms with Crippen LogP contribution in [0.3, 0.4) is 0 Å². The van der Waals surface area contributed by atoms with Crippen molar-refractivity contribution in [3.05, 3.63) is 42.4 Å². The lowest BCUT2D eigenvalue weighted by atomic mass is 10.3. The topological polar surface area (TPSA) is 73.6 Å². The van der Waals surface area contributed by atoms with Crippen LogP contribution in [0.1, 0.15) is 5.69 Å². The molecule has 2 heterocycles. The van der Waals surface area contributed by atoms with Crippen LogP contribution in [0.2, 0.25) is 0 Å². The molecule has 0 fully saturated rings. The SMILES string of the molecule is COc1ccccc1OCCNc1cc(C)nc2ncnn12. The Balaban J connectivity index is 1.62. The van der Waals surface area contributed by atoms with Crippen molar-refractivity contribution in [1.82, 2.24) is 19.6 Å². The molecule has 0 saturated heterocycles. The Morgan fingerprint density at radius 2 is 2.05 bits per heavy atom. The number of hydrogen-bond acceptors (Lipinski definition) is 6. The molecule has 7 nitrogen and oxygen atoms in total. The lowest BCUT2D eigenvalue weighted by Gasteiger charge is -2.12. The number of para-hydroxylation sites is 2. The van der Waals surface area contributed by atoms with Crippen LogP contribution in [0.4, 0.5) is 5.82 Å². The first-order valence-electron chi connectivity index (χ1n) is 6.95. The molecular weight excluding hydrogens is 282 g/mol. The second-order valence-corrected chi connectivity index (χ2v) is 4.68. The standard InChI is InChI=1S/C15H17N5O2/c1-11-9-14(20-15(19-11)17-10-18-20)16-7-8-22-13-6-4-3-5-12(13)21-2/h3-6,9-10,16H,7-8H2,1-2H3. The van der Waals surface area contributed by atoms with Crippen LogP contribution in [0, 0.1) is 6.92 Å². The van der Waals surface area contributed by atoms with Crippen molar-refractivity contribution in [1.29, 1.82) is 0 Å². The van der Waals surface area contributed by atoms with E-state index in [-0.39, 0.29) is 0 Å². The maximum Gasteiger partial charge on any atom is 0.254 e. The Bertz CT molecular complexity index is 771. The van der Waals surface area contributed by atoms with Gasteiger partial charge in [-0.3, -0.25) is 0 Å². The summed E-state index contributed by atoms with van der Waals surface area (Å²) in [5.41, 5.74) is 0.883. The summed E-state index contributed by atoms with van der Waals surface area (Å²) in [6.07, 6.45) is 1.48. The van der Waals surface area contributed by atoms with Gasteiger partial charge >= 0.3 is 0 Å². The highest BCUT2D eigenvalue weighted by atomic mass is 16.5. The third-order valence-electron chi connectivity index (χ3n) is 3.11. The normalized spacial score (nSPS) is 10.6. The Kier molecular flexibility index (Phi) is 4.04. The number of ether oxygens (including phenoxy) is 2. The first-order valence-corrected chi connectivity index (χ1v) is 6.95. The number of anilines is 1. The van der Waals surface area contributed by atoms with Crippen molar-refractivity contribution in [2.75, 3.05) is 25.6 Å². The van der Waals surface area contributed by atoms with E-state index < -0.39 is 0 Å². The fourth-order valence-electron chi connectivity index (χ4n) is 2.13. The fourth-order valence-corrected chi connectivity index (χ4v) is 2.13. The Morgan fingerprint density at radius 3 is 2.86 bits per heavy atom. The van der Waals surface area contributed by atoms with E-state index >= 15 is 0 Å². The van der Waals surface area contributed by atoms with E-state index in [2.05, 4.69) is 20.4 Å². The van der Waals surface area contributed by atoms with Gasteiger partial charge in [0, 0.05) is 11.8 Å². The molecule has 0 bridgehead atoms. The van der Waals surface area contributed by atoms with Crippen molar-refractivity contribution in [2.45, 2.75) is 6.92 Å². The van der Waals surface area contributed by atoms with Crippen LogP contribution < -0.4 is 14.8 Å². The first-order chi connectivity index (χ1) is 10.8. The molecule has 114 valence electrons. The van der Waals surface area contributed by atoms with Crippen LogP contribution in [-0.2, 0) is 0 Å². The van der Waals surface area contributed by atoms with E-state index in [0.717, 1.165) is 23.0 Å². The molecule has 22 heavy (non-hydrogen) atoms. The largest absolute Gasteiger partial charge is 0.493 e. The zero-order valence-corrected chi connectivity index (χ0v) is 12.5. The number of benzene rings is 1. The summed E-state index contributed by atoms with van der Waals surface area (Å²) in [7, 11) is 1.63. The molecule has 3 rings (SSSR count). The van der Waals surface area contributed by atoms with Crippen molar-refractivity contribution in [3.8, 4) is 11.5 Å². The van der Waals surface area contributed by atoms with Crippen molar-refractivity contribution in [3.63, 3.8) is 0 Å². The van der Waals surface area contributed by atoms with E-state index in [4.69, 9.17) is 9.47 Å². The molecule has 1 N–H and O–H groups in total. The van der Waals surface area contributed by atoms with Gasteiger partial charge in [0.2, 0.25) is 0 Å². The summed E-state index contributed by atoms with van der Waals surface area (Å²) in [5.74, 6) is 2.86. The molecule has 3 aromatic rings. The van der Waals surface area contributed by atoms with Gasteiger partial charge in [0.1, 0.15) is 18.8 Å². The smallest absolute Gasteiger partial charge is 0.254 e. The van der Waals surface area contributed by atoms with Crippen LogP contribution in [0.5, 0.6) is 11.5 Å². The van der Waals surface area contributed by atoms with E-state index in [1.54, 1.807) is 11.6 Å². The molecule has 0 spiro atoms. The number of nitrogens with one attached hydrogen (secondary N) is 1. The molecule has 0 amide bonds. The van der Waals surface area contributed by atoms with Crippen LogP contribution in [0.15, 0.2) is 36.7 Å². The predicted molar refractivity (Wildman–Crippen MR) is 82.5 cm³/mol. The fraction of sp³-hybridized carbons (Fsp3) is 0.267.